The Bertz CT molecular complexity index is 664. The van der Waals surface area contributed by atoms with Gasteiger partial charge in [0.2, 0.25) is 0 Å². The van der Waals surface area contributed by atoms with Crippen molar-refractivity contribution in [2.75, 3.05) is 13.2 Å². The molecule has 140 valence electrons. The van der Waals surface area contributed by atoms with Gasteiger partial charge in [-0.25, -0.2) is 8.42 Å². The van der Waals surface area contributed by atoms with Crippen LogP contribution in [0.2, 0.25) is 0 Å². The van der Waals surface area contributed by atoms with Crippen molar-refractivity contribution in [3.63, 3.8) is 0 Å². The number of sulfone groups is 1. The van der Waals surface area contributed by atoms with E-state index < -0.39 is 15.1 Å². The molecule has 0 aromatic heterocycles. The van der Waals surface area contributed by atoms with Gasteiger partial charge in [0.25, 0.3) is 5.91 Å². The van der Waals surface area contributed by atoms with Crippen LogP contribution in [0.5, 0.6) is 0 Å². The molecule has 1 amide bonds. The third kappa shape index (κ3) is 5.54. The number of benzene rings is 1. The number of amides is 1. The van der Waals surface area contributed by atoms with Crippen LogP contribution in [0.1, 0.15) is 62.7 Å². The predicted molar refractivity (Wildman–Crippen MR) is 98.5 cm³/mol. The molecule has 1 N–H and O–H groups in total. The molecule has 25 heavy (non-hydrogen) atoms. The fraction of sp³-hybridized carbons (Fsp3) is 0.632. The van der Waals surface area contributed by atoms with Crippen LogP contribution in [-0.2, 0) is 14.6 Å². The molecule has 0 radical (unpaired) electrons. The lowest BCUT2D eigenvalue weighted by atomic mass is 9.98. The maximum Gasteiger partial charge on any atom is 0.252 e. The first-order valence-electron chi connectivity index (χ1n) is 9.15. The van der Waals surface area contributed by atoms with Crippen LogP contribution in [0.25, 0.3) is 0 Å². The second-order valence-corrected chi connectivity index (χ2v) is 9.30. The zero-order valence-electron chi connectivity index (χ0n) is 15.2. The molecule has 0 atom stereocenters. The quantitative estimate of drug-likeness (QED) is 0.715. The van der Waals surface area contributed by atoms with Gasteiger partial charge < -0.3 is 10.1 Å². The lowest BCUT2D eigenvalue weighted by Crippen LogP contribution is -2.28. The van der Waals surface area contributed by atoms with Crippen LogP contribution in [0.3, 0.4) is 0 Å². The van der Waals surface area contributed by atoms with E-state index in [2.05, 4.69) is 5.32 Å². The fourth-order valence-electron chi connectivity index (χ4n) is 3.01. The minimum atomic E-state index is -3.49. The van der Waals surface area contributed by atoms with E-state index in [0.717, 1.165) is 19.3 Å². The first kappa shape index (κ1) is 19.9. The van der Waals surface area contributed by atoms with E-state index in [1.807, 2.05) is 0 Å². The Hall–Kier alpha value is -1.40. The Morgan fingerprint density at radius 3 is 2.56 bits per heavy atom. The van der Waals surface area contributed by atoms with Gasteiger partial charge in [-0.15, -0.1) is 0 Å². The van der Waals surface area contributed by atoms with Gasteiger partial charge in [0.1, 0.15) is 0 Å². The Morgan fingerprint density at radius 1 is 1.20 bits per heavy atom. The summed E-state index contributed by atoms with van der Waals surface area (Å²) in [5.41, 5.74) is 0.212. The van der Waals surface area contributed by atoms with Crippen molar-refractivity contribution in [2.45, 2.75) is 68.6 Å². The van der Waals surface area contributed by atoms with E-state index >= 15 is 0 Å². The smallest absolute Gasteiger partial charge is 0.252 e. The summed E-state index contributed by atoms with van der Waals surface area (Å²) in [7, 11) is -3.49. The van der Waals surface area contributed by atoms with Crippen molar-refractivity contribution >= 4 is 15.7 Å². The molecule has 1 fully saturated rings. The summed E-state index contributed by atoms with van der Waals surface area (Å²) in [6, 6.07) is 6.38. The van der Waals surface area contributed by atoms with Crippen molar-refractivity contribution in [1.29, 1.82) is 0 Å². The average Bonchev–Trinajstić information content (AvgIpc) is 2.62. The molecule has 1 aromatic carbocycles. The Kier molecular flexibility index (Phi) is 7.44. The van der Waals surface area contributed by atoms with Gasteiger partial charge in [-0.3, -0.25) is 4.79 Å². The number of carbonyl (C=O) groups excluding carboxylic acids is 1. The third-order valence-electron chi connectivity index (χ3n) is 4.57. The number of rotatable bonds is 8. The van der Waals surface area contributed by atoms with Gasteiger partial charge in [-0.1, -0.05) is 31.4 Å². The van der Waals surface area contributed by atoms with Crippen LogP contribution < -0.4 is 5.32 Å². The van der Waals surface area contributed by atoms with Crippen LogP contribution in [-0.4, -0.2) is 38.8 Å². The van der Waals surface area contributed by atoms with E-state index in [-0.39, 0.29) is 16.4 Å². The summed E-state index contributed by atoms with van der Waals surface area (Å²) >= 11 is 0. The monoisotopic (exact) mass is 367 g/mol. The highest BCUT2D eigenvalue weighted by Crippen LogP contribution is 2.21. The normalized spacial score (nSPS) is 16.1. The zero-order valence-corrected chi connectivity index (χ0v) is 16.0. The van der Waals surface area contributed by atoms with E-state index in [1.54, 1.807) is 32.0 Å². The highest BCUT2D eigenvalue weighted by atomic mass is 32.2. The second kappa shape index (κ2) is 9.34. The second-order valence-electron chi connectivity index (χ2n) is 6.83. The predicted octanol–water partition coefficient (Wildman–Crippen LogP) is 3.34. The largest absolute Gasteiger partial charge is 0.378 e. The summed E-state index contributed by atoms with van der Waals surface area (Å²) in [6.45, 7) is 4.33. The average molecular weight is 368 g/mol. The van der Waals surface area contributed by atoms with E-state index in [9.17, 15) is 13.2 Å². The van der Waals surface area contributed by atoms with Crippen molar-refractivity contribution < 1.29 is 17.9 Å². The molecule has 1 saturated carbocycles. The SMILES string of the molecule is CC(C)S(=O)(=O)c1ccccc1C(=O)NCCCOC1CCCCC1. The van der Waals surface area contributed by atoms with Gasteiger partial charge in [0.05, 0.1) is 21.8 Å². The molecule has 0 saturated heterocycles. The number of hydrogen-bond acceptors (Lipinski definition) is 4. The van der Waals surface area contributed by atoms with Crippen molar-refractivity contribution in [3.8, 4) is 0 Å². The molecule has 0 unspecified atom stereocenters. The molecule has 5 nitrogen and oxygen atoms in total. The van der Waals surface area contributed by atoms with Crippen LogP contribution in [0.4, 0.5) is 0 Å². The zero-order chi connectivity index (χ0) is 18.3. The van der Waals surface area contributed by atoms with Gasteiger partial charge in [0.15, 0.2) is 9.84 Å². The first-order chi connectivity index (χ1) is 11.9. The minimum absolute atomic E-state index is 0.0981. The lowest BCUT2D eigenvalue weighted by Gasteiger charge is -2.22. The Morgan fingerprint density at radius 2 is 1.88 bits per heavy atom. The maximum atomic E-state index is 12.4. The molecule has 1 aliphatic carbocycles. The van der Waals surface area contributed by atoms with Crippen molar-refractivity contribution in [2.24, 2.45) is 0 Å². The van der Waals surface area contributed by atoms with Crippen LogP contribution in [0, 0.1) is 0 Å². The Balaban J connectivity index is 1.85. The molecular weight excluding hydrogens is 338 g/mol. The molecular formula is C19H29NO4S. The number of hydrogen-bond donors (Lipinski definition) is 1. The van der Waals surface area contributed by atoms with Crippen molar-refractivity contribution in [1.82, 2.24) is 5.32 Å². The molecule has 1 aromatic rings. The molecule has 0 heterocycles. The highest BCUT2D eigenvalue weighted by Gasteiger charge is 2.25. The molecule has 6 heteroatoms. The third-order valence-corrected chi connectivity index (χ3v) is 6.78. The maximum absolute atomic E-state index is 12.4. The van der Waals surface area contributed by atoms with Gasteiger partial charge in [0, 0.05) is 13.2 Å². The summed E-state index contributed by atoms with van der Waals surface area (Å²) in [6.07, 6.45) is 7.13. The molecule has 0 spiro atoms. The standard InChI is InChI=1S/C19H29NO4S/c1-15(2)25(22,23)18-12-7-6-11-17(18)19(21)20-13-8-14-24-16-9-4-3-5-10-16/h6-7,11-12,15-16H,3-5,8-10,13-14H2,1-2H3,(H,20,21). The number of ether oxygens (including phenoxy) is 1. The van der Waals surface area contributed by atoms with Crippen LogP contribution >= 0.6 is 0 Å². The van der Waals surface area contributed by atoms with Gasteiger partial charge in [-0.05, 0) is 45.2 Å². The molecule has 1 aliphatic rings. The number of nitrogens with one attached hydrogen (secondary N) is 1. The van der Waals surface area contributed by atoms with E-state index in [4.69, 9.17) is 4.74 Å². The summed E-state index contributed by atoms with van der Waals surface area (Å²) in [5, 5.41) is 2.24. The summed E-state index contributed by atoms with van der Waals surface area (Å²) in [4.78, 5) is 12.5. The highest BCUT2D eigenvalue weighted by molar-refractivity contribution is 7.92. The lowest BCUT2D eigenvalue weighted by molar-refractivity contribution is 0.0273. The number of carbonyl (C=O) groups is 1. The van der Waals surface area contributed by atoms with Crippen LogP contribution in [0.15, 0.2) is 29.2 Å². The first-order valence-corrected chi connectivity index (χ1v) is 10.7. The minimum Gasteiger partial charge on any atom is -0.378 e. The van der Waals surface area contributed by atoms with E-state index in [0.29, 0.717) is 19.3 Å². The summed E-state index contributed by atoms with van der Waals surface area (Å²) < 4.78 is 30.6. The molecule has 2 rings (SSSR count). The topological polar surface area (TPSA) is 72.5 Å². The summed E-state index contributed by atoms with van der Waals surface area (Å²) in [5.74, 6) is -0.350. The van der Waals surface area contributed by atoms with Gasteiger partial charge in [-0.2, -0.15) is 0 Å². The van der Waals surface area contributed by atoms with Crippen molar-refractivity contribution in [3.05, 3.63) is 29.8 Å². The van der Waals surface area contributed by atoms with Gasteiger partial charge >= 0.3 is 0 Å². The molecule has 0 bridgehead atoms. The van der Waals surface area contributed by atoms with E-state index in [1.165, 1.54) is 25.3 Å². The fourth-order valence-corrected chi connectivity index (χ4v) is 4.25. The molecule has 0 aliphatic heterocycles. The Labute approximate surface area is 151 Å².